The van der Waals surface area contributed by atoms with E-state index in [-0.39, 0.29) is 30.1 Å². The molecule has 8 heteroatoms. The number of nitrogens with one attached hydrogen (secondary N) is 2. The number of hydrogen-bond donors (Lipinski definition) is 2. The van der Waals surface area contributed by atoms with Crippen molar-refractivity contribution < 1.29 is 9.47 Å². The van der Waals surface area contributed by atoms with Crippen molar-refractivity contribution in [3.05, 3.63) is 48.2 Å². The summed E-state index contributed by atoms with van der Waals surface area (Å²) in [4.78, 5) is 11.1. The van der Waals surface area contributed by atoms with Crippen molar-refractivity contribution in [2.45, 2.75) is 19.6 Å². The molecule has 2 heterocycles. The Morgan fingerprint density at radius 2 is 1.96 bits per heavy atom. The molecule has 0 bridgehead atoms. The van der Waals surface area contributed by atoms with Crippen LogP contribution in [0.1, 0.15) is 12.5 Å². The standard InChI is InChI=1S/C20H27N5O2.HI/c1-4-21-20(23-12-15-8-7-11-22-19(15)25(2)3)24-13-16-14-26-17-9-5-6-10-18(17)27-16;/h5-11,16H,4,12-14H2,1-3H3,(H2,21,23,24);1H. The van der Waals surface area contributed by atoms with E-state index in [4.69, 9.17) is 9.47 Å². The van der Waals surface area contributed by atoms with Crippen molar-refractivity contribution in [2.75, 3.05) is 38.7 Å². The second-order valence-corrected chi connectivity index (χ2v) is 6.45. The lowest BCUT2D eigenvalue weighted by atomic mass is 10.2. The molecule has 0 spiro atoms. The van der Waals surface area contributed by atoms with Gasteiger partial charge in [-0.15, -0.1) is 24.0 Å². The van der Waals surface area contributed by atoms with Gasteiger partial charge in [-0.25, -0.2) is 9.98 Å². The molecule has 1 aromatic carbocycles. The third-order valence-corrected chi connectivity index (χ3v) is 4.11. The Morgan fingerprint density at radius 3 is 2.71 bits per heavy atom. The van der Waals surface area contributed by atoms with Gasteiger partial charge in [0.1, 0.15) is 18.5 Å². The van der Waals surface area contributed by atoms with E-state index in [2.05, 4.69) is 20.6 Å². The first kappa shape index (κ1) is 22.1. The molecule has 1 aliphatic heterocycles. The van der Waals surface area contributed by atoms with Crippen molar-refractivity contribution in [3.63, 3.8) is 0 Å². The van der Waals surface area contributed by atoms with Crippen LogP contribution in [0.15, 0.2) is 47.6 Å². The van der Waals surface area contributed by atoms with Crippen LogP contribution in [-0.2, 0) is 6.54 Å². The summed E-state index contributed by atoms with van der Waals surface area (Å²) in [6.07, 6.45) is 1.73. The Labute approximate surface area is 183 Å². The average Bonchev–Trinajstić information content (AvgIpc) is 2.70. The Hall–Kier alpha value is -2.23. The van der Waals surface area contributed by atoms with Crippen LogP contribution < -0.4 is 25.0 Å². The zero-order valence-electron chi connectivity index (χ0n) is 16.5. The van der Waals surface area contributed by atoms with Gasteiger partial charge in [0.05, 0.1) is 13.1 Å². The number of aliphatic imine (C=N–C) groups is 1. The maximum absolute atomic E-state index is 5.99. The van der Waals surface area contributed by atoms with Crippen LogP contribution in [0.3, 0.4) is 0 Å². The van der Waals surface area contributed by atoms with Crippen LogP contribution >= 0.6 is 24.0 Å². The molecule has 7 nitrogen and oxygen atoms in total. The number of aromatic nitrogens is 1. The maximum atomic E-state index is 5.99. The van der Waals surface area contributed by atoms with Crippen molar-refractivity contribution in [1.82, 2.24) is 15.6 Å². The maximum Gasteiger partial charge on any atom is 0.191 e. The second-order valence-electron chi connectivity index (χ2n) is 6.45. The van der Waals surface area contributed by atoms with Crippen molar-refractivity contribution in [3.8, 4) is 11.5 Å². The Bertz CT molecular complexity index is 785. The van der Waals surface area contributed by atoms with E-state index >= 15 is 0 Å². The zero-order valence-corrected chi connectivity index (χ0v) is 18.8. The highest BCUT2D eigenvalue weighted by atomic mass is 127. The van der Waals surface area contributed by atoms with Gasteiger partial charge in [-0.1, -0.05) is 18.2 Å². The predicted molar refractivity (Wildman–Crippen MR) is 123 cm³/mol. The summed E-state index contributed by atoms with van der Waals surface area (Å²) in [6.45, 7) is 4.49. The molecular weight excluding hydrogens is 469 g/mol. The van der Waals surface area contributed by atoms with Gasteiger partial charge in [0.15, 0.2) is 17.5 Å². The van der Waals surface area contributed by atoms with E-state index in [9.17, 15) is 0 Å². The molecule has 1 unspecified atom stereocenters. The van der Waals surface area contributed by atoms with Crippen LogP contribution in [0.25, 0.3) is 0 Å². The number of halogens is 1. The molecule has 1 atom stereocenters. The lowest BCUT2D eigenvalue weighted by molar-refractivity contribution is 0.0936. The van der Waals surface area contributed by atoms with E-state index in [0.29, 0.717) is 19.7 Å². The zero-order chi connectivity index (χ0) is 19.1. The topological polar surface area (TPSA) is 71.0 Å². The van der Waals surface area contributed by atoms with Crippen LogP contribution in [0.5, 0.6) is 11.5 Å². The number of anilines is 1. The largest absolute Gasteiger partial charge is 0.486 e. The molecule has 0 saturated heterocycles. The van der Waals surface area contributed by atoms with Gasteiger partial charge in [-0.3, -0.25) is 0 Å². The average molecular weight is 497 g/mol. The van der Waals surface area contributed by atoms with Gasteiger partial charge in [0, 0.05) is 32.4 Å². The fourth-order valence-electron chi connectivity index (χ4n) is 2.84. The Morgan fingerprint density at radius 1 is 1.18 bits per heavy atom. The summed E-state index contributed by atoms with van der Waals surface area (Å²) in [5, 5.41) is 6.61. The van der Waals surface area contributed by atoms with Gasteiger partial charge < -0.3 is 25.0 Å². The first-order chi connectivity index (χ1) is 13.2. The molecule has 2 aromatic rings. The first-order valence-electron chi connectivity index (χ1n) is 9.19. The van der Waals surface area contributed by atoms with Crippen LogP contribution in [0, 0.1) is 0 Å². The van der Waals surface area contributed by atoms with Crippen molar-refractivity contribution in [2.24, 2.45) is 4.99 Å². The van der Waals surface area contributed by atoms with Gasteiger partial charge in [0.25, 0.3) is 0 Å². The molecule has 2 N–H and O–H groups in total. The SMILES string of the molecule is CCNC(=NCc1cccnc1N(C)C)NCC1COc2ccccc2O1.I. The molecule has 0 amide bonds. The summed E-state index contributed by atoms with van der Waals surface area (Å²) in [5.41, 5.74) is 1.07. The highest BCUT2D eigenvalue weighted by Gasteiger charge is 2.20. The van der Waals surface area contributed by atoms with Crippen molar-refractivity contribution >= 4 is 35.8 Å². The highest BCUT2D eigenvalue weighted by molar-refractivity contribution is 14.0. The number of nitrogens with zero attached hydrogens (tertiary/aromatic N) is 3. The Kier molecular flexibility index (Phi) is 8.62. The summed E-state index contributed by atoms with van der Waals surface area (Å²) in [6, 6.07) is 11.7. The van der Waals surface area contributed by atoms with Crippen LogP contribution in [0.2, 0.25) is 0 Å². The second kappa shape index (κ2) is 10.9. The minimum Gasteiger partial charge on any atom is -0.486 e. The number of fused-ring (bicyclic) bond motifs is 1. The number of para-hydroxylation sites is 2. The van der Waals surface area contributed by atoms with E-state index in [1.54, 1.807) is 6.20 Å². The molecule has 0 aliphatic carbocycles. The lowest BCUT2D eigenvalue weighted by Gasteiger charge is -2.27. The molecule has 1 aliphatic rings. The van der Waals surface area contributed by atoms with E-state index < -0.39 is 0 Å². The number of hydrogen-bond acceptors (Lipinski definition) is 5. The molecule has 0 saturated carbocycles. The molecule has 152 valence electrons. The fourth-order valence-corrected chi connectivity index (χ4v) is 2.84. The summed E-state index contributed by atoms with van der Waals surface area (Å²) >= 11 is 0. The molecule has 1 aromatic heterocycles. The number of pyridine rings is 1. The number of benzene rings is 1. The minimum atomic E-state index is -0.0699. The minimum absolute atomic E-state index is 0. The quantitative estimate of drug-likeness (QED) is 0.364. The molecular formula is C20H28IN5O2. The van der Waals surface area contributed by atoms with Gasteiger partial charge >= 0.3 is 0 Å². The number of ether oxygens (including phenoxy) is 2. The summed E-state index contributed by atoms with van der Waals surface area (Å²) in [7, 11) is 3.97. The number of guanidine groups is 1. The van der Waals surface area contributed by atoms with Gasteiger partial charge in [-0.05, 0) is 25.1 Å². The van der Waals surface area contributed by atoms with E-state index in [1.165, 1.54) is 0 Å². The van der Waals surface area contributed by atoms with Gasteiger partial charge in [0.2, 0.25) is 0 Å². The molecule has 28 heavy (non-hydrogen) atoms. The van der Waals surface area contributed by atoms with Crippen molar-refractivity contribution in [1.29, 1.82) is 0 Å². The summed E-state index contributed by atoms with van der Waals surface area (Å²) < 4.78 is 11.7. The normalized spacial score (nSPS) is 15.4. The highest BCUT2D eigenvalue weighted by Crippen LogP contribution is 2.30. The predicted octanol–water partition coefficient (Wildman–Crippen LogP) is 2.66. The third-order valence-electron chi connectivity index (χ3n) is 4.11. The monoisotopic (exact) mass is 497 g/mol. The van der Waals surface area contributed by atoms with Gasteiger partial charge in [-0.2, -0.15) is 0 Å². The molecule has 3 rings (SSSR count). The third kappa shape index (κ3) is 5.88. The summed E-state index contributed by atoms with van der Waals surface area (Å²) in [5.74, 6) is 3.25. The first-order valence-corrected chi connectivity index (χ1v) is 9.19. The Balaban J connectivity index is 0.00000280. The van der Waals surface area contributed by atoms with Crippen LogP contribution in [0.4, 0.5) is 5.82 Å². The van der Waals surface area contributed by atoms with E-state index in [0.717, 1.165) is 35.4 Å². The molecule has 0 fully saturated rings. The van der Waals surface area contributed by atoms with Crippen LogP contribution in [-0.4, -0.2) is 50.8 Å². The number of rotatable bonds is 6. The lowest BCUT2D eigenvalue weighted by Crippen LogP contribution is -2.45. The molecule has 0 radical (unpaired) electrons. The fraction of sp³-hybridized carbons (Fsp3) is 0.400. The van der Waals surface area contributed by atoms with E-state index in [1.807, 2.05) is 62.3 Å². The smallest absolute Gasteiger partial charge is 0.191 e.